The first-order valence-electron chi connectivity index (χ1n) is 10.5. The summed E-state index contributed by atoms with van der Waals surface area (Å²) < 4.78 is 64.1. The number of nitrogens with one attached hydrogen (secondary N) is 2. The lowest BCUT2D eigenvalue weighted by atomic mass is 10.2. The van der Waals surface area contributed by atoms with Crippen molar-refractivity contribution in [3.05, 3.63) is 90.1 Å². The first kappa shape index (κ1) is 23.9. The van der Waals surface area contributed by atoms with Gasteiger partial charge in [-0.2, -0.15) is 13.5 Å². The van der Waals surface area contributed by atoms with Crippen molar-refractivity contribution in [1.29, 1.82) is 0 Å². The smallest absolute Gasteiger partial charge is 0.295 e. The molecule has 0 saturated heterocycles. The van der Waals surface area contributed by atoms with Crippen LogP contribution in [0.15, 0.2) is 99.5 Å². The van der Waals surface area contributed by atoms with Gasteiger partial charge in [0.05, 0.1) is 22.0 Å². The molecule has 0 bridgehead atoms. The number of sulfonamides is 2. The Morgan fingerprint density at radius 1 is 0.833 bits per heavy atom. The molecule has 36 heavy (non-hydrogen) atoms. The normalized spacial score (nSPS) is 12.1. The number of hydrogen-bond donors (Lipinski definition) is 2. The summed E-state index contributed by atoms with van der Waals surface area (Å²) in [5.41, 5.74) is 1.79. The topological polar surface area (TPSA) is 123 Å². The summed E-state index contributed by atoms with van der Waals surface area (Å²) in [4.78, 5) is -0.0109. The highest BCUT2D eigenvalue weighted by atomic mass is 35.5. The monoisotopic (exact) mass is 542 g/mol. The number of anilines is 2. The lowest BCUT2D eigenvalue weighted by Gasteiger charge is -2.14. The van der Waals surface area contributed by atoms with Crippen LogP contribution in [0.4, 0.5) is 11.4 Å². The molecule has 0 saturated carbocycles. The molecule has 0 unspecified atom stereocenters. The van der Waals surface area contributed by atoms with E-state index in [1.54, 1.807) is 54.3 Å². The minimum Gasteiger partial charge on any atom is -0.443 e. The molecule has 3 aromatic carbocycles. The zero-order chi connectivity index (χ0) is 25.5. The summed E-state index contributed by atoms with van der Waals surface area (Å²) in [7, 11) is -6.46. The number of fused-ring (bicyclic) bond motifs is 1. The van der Waals surface area contributed by atoms with Crippen LogP contribution >= 0.6 is 11.6 Å². The maximum absolute atomic E-state index is 13.1. The van der Waals surface area contributed by atoms with Crippen molar-refractivity contribution in [2.75, 3.05) is 9.44 Å². The second-order valence-corrected chi connectivity index (χ2v) is 11.6. The fourth-order valence-corrected chi connectivity index (χ4v) is 5.84. The van der Waals surface area contributed by atoms with Crippen LogP contribution in [0, 0.1) is 0 Å². The molecular weight excluding hydrogens is 524 g/mol. The van der Waals surface area contributed by atoms with Gasteiger partial charge in [0.25, 0.3) is 20.0 Å². The first-order valence-corrected chi connectivity index (χ1v) is 13.9. The van der Waals surface area contributed by atoms with Gasteiger partial charge in [0.15, 0.2) is 0 Å². The molecule has 0 aliphatic carbocycles. The fourth-order valence-electron chi connectivity index (χ4n) is 3.55. The quantitative estimate of drug-likeness (QED) is 0.295. The van der Waals surface area contributed by atoms with Crippen LogP contribution < -0.4 is 9.44 Å². The van der Waals surface area contributed by atoms with Gasteiger partial charge in [-0.15, -0.1) is 0 Å². The molecule has 184 valence electrons. The zero-order valence-corrected chi connectivity index (χ0v) is 21.1. The minimum absolute atomic E-state index is 0.00658. The van der Waals surface area contributed by atoms with Crippen LogP contribution in [0.3, 0.4) is 0 Å². The molecule has 12 heteroatoms. The van der Waals surface area contributed by atoms with Crippen molar-refractivity contribution >= 4 is 54.0 Å². The van der Waals surface area contributed by atoms with Crippen molar-refractivity contribution in [2.45, 2.75) is 9.99 Å². The Kier molecular flexibility index (Phi) is 5.99. The number of furan rings is 1. The van der Waals surface area contributed by atoms with Crippen LogP contribution in [0.5, 0.6) is 0 Å². The maximum atomic E-state index is 13.1. The summed E-state index contributed by atoms with van der Waals surface area (Å²) >= 11 is 6.08. The third kappa shape index (κ3) is 4.81. The van der Waals surface area contributed by atoms with Gasteiger partial charge in [0.1, 0.15) is 5.58 Å². The fraction of sp³-hybridized carbons (Fsp3) is 0.0417. The van der Waals surface area contributed by atoms with E-state index in [4.69, 9.17) is 16.0 Å². The molecule has 0 amide bonds. The van der Waals surface area contributed by atoms with Gasteiger partial charge >= 0.3 is 0 Å². The number of halogens is 1. The molecule has 5 aromatic rings. The number of para-hydroxylation sites is 1. The summed E-state index contributed by atoms with van der Waals surface area (Å²) in [5, 5.41) is 4.80. The van der Waals surface area contributed by atoms with Crippen molar-refractivity contribution in [2.24, 2.45) is 7.05 Å². The molecule has 0 aliphatic rings. The van der Waals surface area contributed by atoms with Gasteiger partial charge in [-0.3, -0.25) is 14.1 Å². The molecule has 0 spiro atoms. The van der Waals surface area contributed by atoms with Crippen LogP contribution in [-0.4, -0.2) is 26.6 Å². The molecule has 0 atom stereocenters. The van der Waals surface area contributed by atoms with E-state index >= 15 is 0 Å². The second-order valence-electron chi connectivity index (χ2n) is 7.90. The Morgan fingerprint density at radius 2 is 1.56 bits per heavy atom. The number of rotatable bonds is 7. The Balaban J connectivity index is 1.43. The highest BCUT2D eigenvalue weighted by Gasteiger charge is 2.23. The molecule has 9 nitrogen and oxygen atoms in total. The van der Waals surface area contributed by atoms with Crippen LogP contribution in [0.25, 0.3) is 22.2 Å². The summed E-state index contributed by atoms with van der Waals surface area (Å²) in [6, 6.07) is 20.4. The van der Waals surface area contributed by atoms with E-state index in [9.17, 15) is 16.8 Å². The number of aryl methyl sites for hydroxylation is 1. The van der Waals surface area contributed by atoms with Crippen LogP contribution in [0.2, 0.25) is 5.02 Å². The molecule has 0 radical (unpaired) electrons. The average molecular weight is 543 g/mol. The Morgan fingerprint density at radius 3 is 2.25 bits per heavy atom. The zero-order valence-electron chi connectivity index (χ0n) is 18.7. The summed E-state index contributed by atoms with van der Waals surface area (Å²) in [6.45, 7) is 0. The highest BCUT2D eigenvalue weighted by molar-refractivity contribution is 7.93. The van der Waals surface area contributed by atoms with E-state index in [1.807, 2.05) is 6.07 Å². The SMILES string of the molecule is Cn1ccc(-c2ccc(S(=O)(=O)Nc3ccc(Cl)cc3NS(=O)(=O)c3cc4ccccc4o3)cc2)n1. The molecule has 2 aromatic heterocycles. The van der Waals surface area contributed by atoms with Gasteiger partial charge in [-0.1, -0.05) is 41.9 Å². The number of aromatic nitrogens is 2. The average Bonchev–Trinajstić information content (AvgIpc) is 3.47. The van der Waals surface area contributed by atoms with E-state index in [0.717, 1.165) is 5.56 Å². The summed E-state index contributed by atoms with van der Waals surface area (Å²) in [5.74, 6) is 0. The van der Waals surface area contributed by atoms with Crippen molar-refractivity contribution in [3.63, 3.8) is 0 Å². The third-order valence-corrected chi connectivity index (χ3v) is 8.15. The lowest BCUT2D eigenvalue weighted by molar-refractivity contribution is 0.484. The maximum Gasteiger partial charge on any atom is 0.295 e. The van der Waals surface area contributed by atoms with Crippen LogP contribution in [0.1, 0.15) is 0 Å². The lowest BCUT2D eigenvalue weighted by Crippen LogP contribution is -2.17. The predicted octanol–water partition coefficient (Wildman–Crippen LogP) is 5.09. The summed E-state index contributed by atoms with van der Waals surface area (Å²) in [6.07, 6.45) is 1.79. The molecule has 0 fully saturated rings. The van der Waals surface area contributed by atoms with E-state index < -0.39 is 20.0 Å². The van der Waals surface area contributed by atoms with Gasteiger partial charge in [0, 0.05) is 35.3 Å². The Labute approximate surface area is 212 Å². The second kappa shape index (κ2) is 9.01. The van der Waals surface area contributed by atoms with Crippen molar-refractivity contribution in [1.82, 2.24) is 9.78 Å². The Hall–Kier alpha value is -3.80. The molecule has 2 N–H and O–H groups in total. The Bertz CT molecular complexity index is 1760. The van der Waals surface area contributed by atoms with Gasteiger partial charge in [0.2, 0.25) is 5.09 Å². The van der Waals surface area contributed by atoms with Gasteiger partial charge < -0.3 is 4.42 Å². The third-order valence-electron chi connectivity index (χ3n) is 5.31. The predicted molar refractivity (Wildman–Crippen MR) is 138 cm³/mol. The molecular formula is C24H19ClN4O5S2. The molecule has 0 aliphatic heterocycles. The van der Waals surface area contributed by atoms with Crippen molar-refractivity contribution < 1.29 is 21.3 Å². The van der Waals surface area contributed by atoms with Gasteiger partial charge in [-0.05, 0) is 42.5 Å². The van der Waals surface area contributed by atoms with E-state index in [-0.39, 0.29) is 26.4 Å². The largest absolute Gasteiger partial charge is 0.443 e. The highest BCUT2D eigenvalue weighted by Crippen LogP contribution is 2.32. The van der Waals surface area contributed by atoms with E-state index in [0.29, 0.717) is 16.7 Å². The molecule has 2 heterocycles. The number of benzene rings is 3. The number of hydrogen-bond acceptors (Lipinski definition) is 6. The molecule has 5 rings (SSSR count). The van der Waals surface area contributed by atoms with E-state index in [2.05, 4.69) is 14.5 Å². The van der Waals surface area contributed by atoms with E-state index in [1.165, 1.54) is 36.4 Å². The standard InChI is InChI=1S/C24H19ClN4O5S2/c1-29-13-12-20(26-29)16-6-9-19(10-7-16)35(30,31)27-21-11-8-18(25)15-22(21)28-36(32,33)24-14-17-4-2-3-5-23(17)34-24/h2-15,27-28H,1H3. The number of nitrogens with zero attached hydrogens (tertiary/aromatic N) is 2. The van der Waals surface area contributed by atoms with Gasteiger partial charge in [-0.25, -0.2) is 8.42 Å². The first-order chi connectivity index (χ1) is 17.1. The van der Waals surface area contributed by atoms with Crippen molar-refractivity contribution in [3.8, 4) is 11.3 Å². The minimum atomic E-state index is -4.19. The van der Waals surface area contributed by atoms with Crippen LogP contribution in [-0.2, 0) is 27.1 Å².